The third-order valence-corrected chi connectivity index (χ3v) is 2.40. The van der Waals surface area contributed by atoms with Gasteiger partial charge in [0.1, 0.15) is 0 Å². The number of hydrogen-bond donors (Lipinski definition) is 2. The molecule has 0 fully saturated rings. The van der Waals surface area contributed by atoms with E-state index in [1.807, 2.05) is 0 Å². The first kappa shape index (κ1) is 15.1. The van der Waals surface area contributed by atoms with Crippen LogP contribution in [0.25, 0.3) is 0 Å². The summed E-state index contributed by atoms with van der Waals surface area (Å²) in [5.41, 5.74) is 0. The van der Waals surface area contributed by atoms with Crippen LogP contribution < -0.4 is 10.6 Å². The lowest BCUT2D eigenvalue weighted by atomic mass is 10.5. The van der Waals surface area contributed by atoms with E-state index >= 15 is 0 Å². The first-order valence-electron chi connectivity index (χ1n) is 4.51. The Morgan fingerprint density at radius 2 is 1.62 bits per heavy atom. The van der Waals surface area contributed by atoms with Crippen molar-refractivity contribution in [1.82, 2.24) is 10.6 Å². The van der Waals surface area contributed by atoms with E-state index < -0.39 is 12.1 Å². The van der Waals surface area contributed by atoms with Crippen LogP contribution in [0.2, 0.25) is 0 Å². The second kappa shape index (κ2) is 7.37. The normalized spacial score (nSPS) is 11.0. The molecule has 4 nitrogen and oxygen atoms in total. The van der Waals surface area contributed by atoms with E-state index in [4.69, 9.17) is 0 Å². The summed E-state index contributed by atoms with van der Waals surface area (Å²) < 4.78 is 35.1. The molecule has 0 aliphatic carbocycles. The van der Waals surface area contributed by atoms with Crippen molar-refractivity contribution in [2.75, 3.05) is 24.6 Å². The average molecular weight is 258 g/mol. The van der Waals surface area contributed by atoms with Gasteiger partial charge in [-0.15, -0.1) is 0 Å². The molecule has 0 aromatic carbocycles. The number of carbonyl (C=O) groups excluding carboxylic acids is 2. The number of rotatable bonds is 6. The Labute approximate surface area is 95.3 Å². The maximum atomic E-state index is 11.7. The molecule has 0 aliphatic rings. The van der Waals surface area contributed by atoms with Crippen molar-refractivity contribution in [1.29, 1.82) is 0 Å². The molecule has 94 valence electrons. The third-order valence-electron chi connectivity index (χ3n) is 1.41. The standard InChI is InChI=1S/C8H13F3N2O2S/c1-6(14)12-2-4-16-5-3-13-7(15)8(9,10)11/h2-5H2,1H3,(H,12,14)(H,13,15). The van der Waals surface area contributed by atoms with Gasteiger partial charge in [-0.05, 0) is 0 Å². The van der Waals surface area contributed by atoms with Gasteiger partial charge in [0.05, 0.1) is 0 Å². The highest BCUT2D eigenvalue weighted by atomic mass is 32.2. The minimum atomic E-state index is -4.82. The Bertz CT molecular complexity index is 246. The monoisotopic (exact) mass is 258 g/mol. The van der Waals surface area contributed by atoms with Crippen LogP contribution in [0.5, 0.6) is 0 Å². The molecular weight excluding hydrogens is 245 g/mol. The predicted octanol–water partition coefficient (Wildman–Crippen LogP) is 0.534. The summed E-state index contributed by atoms with van der Waals surface area (Å²) in [6.45, 7) is 1.81. The average Bonchev–Trinajstić information content (AvgIpc) is 2.14. The summed E-state index contributed by atoms with van der Waals surface area (Å²) in [5, 5.41) is 4.29. The minimum absolute atomic E-state index is 0.0386. The van der Waals surface area contributed by atoms with Crippen LogP contribution in [0, 0.1) is 0 Å². The summed E-state index contributed by atoms with van der Waals surface area (Å²) in [7, 11) is 0. The predicted molar refractivity (Wildman–Crippen MR) is 55.1 cm³/mol. The van der Waals surface area contributed by atoms with Crippen LogP contribution >= 0.6 is 11.8 Å². The zero-order valence-corrected chi connectivity index (χ0v) is 9.50. The number of amides is 2. The number of halogens is 3. The number of hydrogen-bond acceptors (Lipinski definition) is 3. The fourth-order valence-corrected chi connectivity index (χ4v) is 1.44. The van der Waals surface area contributed by atoms with E-state index in [9.17, 15) is 22.8 Å². The van der Waals surface area contributed by atoms with Crippen molar-refractivity contribution in [2.24, 2.45) is 0 Å². The van der Waals surface area contributed by atoms with Gasteiger partial charge in [-0.2, -0.15) is 24.9 Å². The van der Waals surface area contributed by atoms with Gasteiger partial charge >= 0.3 is 12.1 Å². The van der Waals surface area contributed by atoms with Gasteiger partial charge in [0.25, 0.3) is 0 Å². The van der Waals surface area contributed by atoms with Crippen LogP contribution in [0.15, 0.2) is 0 Å². The van der Waals surface area contributed by atoms with Crippen LogP contribution in [-0.4, -0.2) is 42.6 Å². The van der Waals surface area contributed by atoms with Crippen molar-refractivity contribution in [2.45, 2.75) is 13.1 Å². The lowest BCUT2D eigenvalue weighted by molar-refractivity contribution is -0.173. The zero-order valence-electron chi connectivity index (χ0n) is 8.69. The Morgan fingerprint density at radius 3 is 2.06 bits per heavy atom. The van der Waals surface area contributed by atoms with E-state index in [-0.39, 0.29) is 12.5 Å². The third kappa shape index (κ3) is 8.39. The molecule has 0 unspecified atom stereocenters. The van der Waals surface area contributed by atoms with E-state index in [1.165, 1.54) is 18.7 Å². The molecule has 0 bridgehead atoms. The number of alkyl halides is 3. The Morgan fingerprint density at radius 1 is 1.12 bits per heavy atom. The topological polar surface area (TPSA) is 58.2 Å². The second-order valence-electron chi connectivity index (χ2n) is 2.85. The van der Waals surface area contributed by atoms with Gasteiger partial charge in [-0.3, -0.25) is 9.59 Å². The fourth-order valence-electron chi connectivity index (χ4n) is 0.738. The summed E-state index contributed by atoms with van der Waals surface area (Å²) >= 11 is 1.35. The molecule has 0 aromatic heterocycles. The highest BCUT2D eigenvalue weighted by Gasteiger charge is 2.38. The number of carbonyl (C=O) groups is 2. The quantitative estimate of drug-likeness (QED) is 0.683. The fraction of sp³-hybridized carbons (Fsp3) is 0.750. The summed E-state index contributed by atoms with van der Waals surface area (Å²) in [4.78, 5) is 20.8. The van der Waals surface area contributed by atoms with Crippen molar-refractivity contribution < 1.29 is 22.8 Å². The molecule has 8 heteroatoms. The Balaban J connectivity index is 3.34. The molecule has 0 atom stereocenters. The molecule has 0 radical (unpaired) electrons. The zero-order chi connectivity index (χ0) is 12.6. The largest absolute Gasteiger partial charge is 0.471 e. The lowest BCUT2D eigenvalue weighted by Crippen LogP contribution is -2.37. The van der Waals surface area contributed by atoms with E-state index in [1.54, 1.807) is 5.32 Å². The van der Waals surface area contributed by atoms with Gasteiger partial charge in [0.15, 0.2) is 0 Å². The molecule has 0 aromatic rings. The molecule has 0 spiro atoms. The molecule has 0 rings (SSSR count). The summed E-state index contributed by atoms with van der Waals surface area (Å²) in [6, 6.07) is 0. The van der Waals surface area contributed by atoms with Crippen molar-refractivity contribution in [3.8, 4) is 0 Å². The van der Waals surface area contributed by atoms with Crippen molar-refractivity contribution >= 4 is 23.6 Å². The molecule has 0 saturated heterocycles. The smallest absolute Gasteiger partial charge is 0.356 e. The highest BCUT2D eigenvalue weighted by Crippen LogP contribution is 2.13. The van der Waals surface area contributed by atoms with Crippen LogP contribution in [0.1, 0.15) is 6.92 Å². The molecule has 16 heavy (non-hydrogen) atoms. The maximum Gasteiger partial charge on any atom is 0.471 e. The van der Waals surface area contributed by atoms with Crippen LogP contribution in [0.3, 0.4) is 0 Å². The van der Waals surface area contributed by atoms with Crippen LogP contribution in [-0.2, 0) is 9.59 Å². The minimum Gasteiger partial charge on any atom is -0.356 e. The van der Waals surface area contributed by atoms with Crippen LogP contribution in [0.4, 0.5) is 13.2 Å². The SMILES string of the molecule is CC(=O)NCCSCCNC(=O)C(F)(F)F. The number of nitrogens with one attached hydrogen (secondary N) is 2. The molecule has 0 heterocycles. The second-order valence-corrected chi connectivity index (χ2v) is 4.07. The van der Waals surface area contributed by atoms with Gasteiger partial charge in [-0.1, -0.05) is 0 Å². The van der Waals surface area contributed by atoms with Gasteiger partial charge < -0.3 is 10.6 Å². The molecule has 2 amide bonds. The Kier molecular flexibility index (Phi) is 6.95. The lowest BCUT2D eigenvalue weighted by Gasteiger charge is -2.07. The first-order chi connectivity index (χ1) is 7.34. The molecular formula is C8H13F3N2O2S. The summed E-state index contributed by atoms with van der Waals surface area (Å²) in [6.07, 6.45) is -4.82. The van der Waals surface area contributed by atoms with Gasteiger partial charge in [0.2, 0.25) is 5.91 Å². The summed E-state index contributed by atoms with van der Waals surface area (Å²) in [5.74, 6) is -1.09. The van der Waals surface area contributed by atoms with E-state index in [0.717, 1.165) is 0 Å². The first-order valence-corrected chi connectivity index (χ1v) is 5.66. The van der Waals surface area contributed by atoms with E-state index in [2.05, 4.69) is 5.32 Å². The maximum absolute atomic E-state index is 11.7. The molecule has 0 aliphatic heterocycles. The number of thioether (sulfide) groups is 1. The molecule has 2 N–H and O–H groups in total. The highest BCUT2D eigenvalue weighted by molar-refractivity contribution is 7.99. The van der Waals surface area contributed by atoms with Gasteiger partial charge in [0, 0.05) is 31.5 Å². The Hall–Kier alpha value is -0.920. The van der Waals surface area contributed by atoms with E-state index in [0.29, 0.717) is 18.1 Å². The molecule has 0 saturated carbocycles. The van der Waals surface area contributed by atoms with Crippen molar-refractivity contribution in [3.63, 3.8) is 0 Å². The van der Waals surface area contributed by atoms with Crippen molar-refractivity contribution in [3.05, 3.63) is 0 Å². The van der Waals surface area contributed by atoms with Gasteiger partial charge in [-0.25, -0.2) is 0 Å².